The normalized spacial score (nSPS) is 9.95. The number of hydrogen-bond donors (Lipinski definition) is 1. The van der Waals surface area contributed by atoms with Crippen LogP contribution in [0.3, 0.4) is 0 Å². The number of pyridine rings is 1. The number of ether oxygens (including phenoxy) is 1. The number of anilines is 1. The van der Waals surface area contributed by atoms with Gasteiger partial charge in [0.25, 0.3) is 5.69 Å². The van der Waals surface area contributed by atoms with Gasteiger partial charge in [-0.25, -0.2) is 4.79 Å². The van der Waals surface area contributed by atoms with Gasteiger partial charge < -0.3 is 10.1 Å². The summed E-state index contributed by atoms with van der Waals surface area (Å²) < 4.78 is 5.08. The Balaban J connectivity index is 2.12. The van der Waals surface area contributed by atoms with Gasteiger partial charge in [0, 0.05) is 19.3 Å². The van der Waals surface area contributed by atoms with Crippen LogP contribution in [0.5, 0.6) is 0 Å². The summed E-state index contributed by atoms with van der Waals surface area (Å²) in [5.41, 5.74) is 0.884. The fourth-order valence-corrected chi connectivity index (χ4v) is 1.73. The van der Waals surface area contributed by atoms with E-state index in [0.29, 0.717) is 11.4 Å². The molecule has 0 aliphatic rings. The smallest absolute Gasteiger partial charge is 0.338 e. The number of carbonyl (C=O) groups is 1. The highest BCUT2D eigenvalue weighted by Crippen LogP contribution is 2.25. The number of benzene rings is 1. The lowest BCUT2D eigenvalue weighted by atomic mass is 10.1. The van der Waals surface area contributed by atoms with Crippen LogP contribution in [0.15, 0.2) is 42.6 Å². The van der Waals surface area contributed by atoms with Gasteiger partial charge in [0.15, 0.2) is 0 Å². The summed E-state index contributed by atoms with van der Waals surface area (Å²) in [5, 5.41) is 13.6. The zero-order valence-corrected chi connectivity index (χ0v) is 11.3. The highest BCUT2D eigenvalue weighted by Gasteiger charge is 2.17. The van der Waals surface area contributed by atoms with Crippen LogP contribution in [0.25, 0.3) is 0 Å². The lowest BCUT2D eigenvalue weighted by molar-refractivity contribution is -0.384. The maximum absolute atomic E-state index is 11.9. The number of nitrogens with one attached hydrogen (secondary N) is 1. The molecule has 21 heavy (non-hydrogen) atoms. The van der Waals surface area contributed by atoms with Crippen molar-refractivity contribution in [3.05, 3.63) is 64.0 Å². The largest absolute Gasteiger partial charge is 0.456 e. The molecule has 0 radical (unpaired) electrons. The fraction of sp³-hybridized carbons (Fsp3) is 0.143. The molecule has 0 spiro atoms. The Morgan fingerprint density at radius 1 is 1.38 bits per heavy atom. The number of aromatic nitrogens is 1. The summed E-state index contributed by atoms with van der Waals surface area (Å²) in [5.74, 6) is -0.633. The van der Waals surface area contributed by atoms with Gasteiger partial charge in [0.2, 0.25) is 0 Å². The zero-order valence-electron chi connectivity index (χ0n) is 11.3. The summed E-state index contributed by atoms with van der Waals surface area (Å²) in [6.07, 6.45) is 1.59. The van der Waals surface area contributed by atoms with Gasteiger partial charge in [-0.2, -0.15) is 0 Å². The van der Waals surface area contributed by atoms with E-state index in [1.54, 1.807) is 31.4 Å². The van der Waals surface area contributed by atoms with Crippen molar-refractivity contribution in [2.45, 2.75) is 6.61 Å². The van der Waals surface area contributed by atoms with E-state index in [1.165, 1.54) is 18.2 Å². The maximum atomic E-state index is 11.9. The van der Waals surface area contributed by atoms with Gasteiger partial charge in [-0.05, 0) is 24.3 Å². The lowest BCUT2D eigenvalue weighted by Crippen LogP contribution is -2.07. The SMILES string of the molecule is CNc1ccc(C(=O)OCc2ccccn2)cc1[N+](=O)[O-]. The highest BCUT2D eigenvalue weighted by atomic mass is 16.6. The van der Waals surface area contributed by atoms with E-state index in [-0.39, 0.29) is 17.9 Å². The summed E-state index contributed by atoms with van der Waals surface area (Å²) in [4.78, 5) is 26.3. The molecule has 1 aromatic carbocycles. The number of rotatable bonds is 5. The van der Waals surface area contributed by atoms with Crippen molar-refractivity contribution < 1.29 is 14.5 Å². The molecular weight excluding hydrogens is 274 g/mol. The lowest BCUT2D eigenvalue weighted by Gasteiger charge is -2.06. The average molecular weight is 287 g/mol. The van der Waals surface area contributed by atoms with Gasteiger partial charge in [0.05, 0.1) is 16.2 Å². The Kier molecular flexibility index (Phi) is 4.45. The van der Waals surface area contributed by atoms with Crippen LogP contribution in [0.2, 0.25) is 0 Å². The Labute approximate surface area is 120 Å². The summed E-state index contributed by atoms with van der Waals surface area (Å²) in [7, 11) is 1.57. The monoisotopic (exact) mass is 287 g/mol. The molecule has 0 saturated carbocycles. The van der Waals surface area contributed by atoms with Crippen molar-refractivity contribution in [3.63, 3.8) is 0 Å². The van der Waals surface area contributed by atoms with E-state index < -0.39 is 10.9 Å². The number of nitro groups is 1. The molecule has 7 heteroatoms. The van der Waals surface area contributed by atoms with Gasteiger partial charge in [0.1, 0.15) is 12.3 Å². The van der Waals surface area contributed by atoms with Crippen molar-refractivity contribution in [2.24, 2.45) is 0 Å². The first-order chi connectivity index (χ1) is 10.1. The van der Waals surface area contributed by atoms with E-state index in [9.17, 15) is 14.9 Å². The second-order valence-corrected chi connectivity index (χ2v) is 4.14. The van der Waals surface area contributed by atoms with Crippen LogP contribution in [-0.2, 0) is 11.3 Å². The Morgan fingerprint density at radius 2 is 2.19 bits per heavy atom. The molecule has 108 valence electrons. The number of nitro benzene ring substituents is 1. The van der Waals surface area contributed by atoms with Gasteiger partial charge in [-0.1, -0.05) is 6.07 Å². The minimum Gasteiger partial charge on any atom is -0.456 e. The number of carbonyl (C=O) groups excluding carboxylic acids is 1. The molecule has 0 atom stereocenters. The van der Waals surface area contributed by atoms with Crippen LogP contribution in [0, 0.1) is 10.1 Å². The first-order valence-corrected chi connectivity index (χ1v) is 6.15. The van der Waals surface area contributed by atoms with Crippen LogP contribution in [0.1, 0.15) is 16.1 Å². The molecule has 2 aromatic rings. The minimum absolute atomic E-state index is 0.0151. The van der Waals surface area contributed by atoms with Crippen molar-refractivity contribution in [2.75, 3.05) is 12.4 Å². The molecular formula is C14H13N3O4. The third-order valence-corrected chi connectivity index (χ3v) is 2.78. The second-order valence-electron chi connectivity index (χ2n) is 4.14. The van der Waals surface area contributed by atoms with E-state index in [0.717, 1.165) is 0 Å². The fourth-order valence-electron chi connectivity index (χ4n) is 1.73. The number of nitrogens with zero attached hydrogens (tertiary/aromatic N) is 2. The number of esters is 1. The van der Waals surface area contributed by atoms with Gasteiger partial charge in [-0.3, -0.25) is 15.1 Å². The third kappa shape index (κ3) is 3.53. The van der Waals surface area contributed by atoms with Gasteiger partial charge >= 0.3 is 5.97 Å². The second kappa shape index (κ2) is 6.47. The number of hydrogen-bond acceptors (Lipinski definition) is 6. The summed E-state index contributed by atoms with van der Waals surface area (Å²) in [6.45, 7) is 0.0151. The zero-order chi connectivity index (χ0) is 15.2. The predicted molar refractivity (Wildman–Crippen MR) is 76.0 cm³/mol. The molecule has 7 nitrogen and oxygen atoms in total. The van der Waals surface area contributed by atoms with E-state index in [2.05, 4.69) is 10.3 Å². The van der Waals surface area contributed by atoms with Gasteiger partial charge in [-0.15, -0.1) is 0 Å². The highest BCUT2D eigenvalue weighted by molar-refractivity contribution is 5.91. The molecule has 0 saturated heterocycles. The van der Waals surface area contributed by atoms with Crippen LogP contribution in [0.4, 0.5) is 11.4 Å². The predicted octanol–water partition coefficient (Wildman–Crippen LogP) is 2.39. The Morgan fingerprint density at radius 3 is 2.81 bits per heavy atom. The molecule has 1 aromatic heterocycles. The van der Waals surface area contributed by atoms with Crippen LogP contribution < -0.4 is 5.32 Å². The maximum Gasteiger partial charge on any atom is 0.338 e. The molecule has 0 aliphatic heterocycles. The van der Waals surface area contributed by atoms with Crippen LogP contribution in [-0.4, -0.2) is 22.9 Å². The third-order valence-electron chi connectivity index (χ3n) is 2.78. The first-order valence-electron chi connectivity index (χ1n) is 6.15. The standard InChI is InChI=1S/C14H13N3O4/c1-15-12-6-5-10(8-13(12)17(19)20)14(18)21-9-11-4-2-3-7-16-11/h2-8,15H,9H2,1H3. The Bertz CT molecular complexity index is 659. The van der Waals surface area contributed by atoms with E-state index in [1.807, 2.05) is 0 Å². The van der Waals surface area contributed by atoms with Crippen molar-refractivity contribution in [1.82, 2.24) is 4.98 Å². The summed E-state index contributed by atoms with van der Waals surface area (Å²) >= 11 is 0. The molecule has 0 unspecified atom stereocenters. The van der Waals surface area contributed by atoms with Crippen molar-refractivity contribution >= 4 is 17.3 Å². The Hall–Kier alpha value is -2.96. The molecule has 1 N–H and O–H groups in total. The topological polar surface area (TPSA) is 94.4 Å². The summed E-state index contributed by atoms with van der Waals surface area (Å²) in [6, 6.07) is 9.38. The molecule has 0 fully saturated rings. The molecule has 2 rings (SSSR count). The molecule has 0 aliphatic carbocycles. The van der Waals surface area contributed by atoms with E-state index in [4.69, 9.17) is 4.74 Å². The first kappa shape index (κ1) is 14.4. The minimum atomic E-state index is -0.633. The van der Waals surface area contributed by atoms with Crippen LogP contribution >= 0.6 is 0 Å². The average Bonchev–Trinajstić information content (AvgIpc) is 2.52. The molecule has 0 bridgehead atoms. The van der Waals surface area contributed by atoms with Crippen molar-refractivity contribution in [3.8, 4) is 0 Å². The van der Waals surface area contributed by atoms with Crippen molar-refractivity contribution in [1.29, 1.82) is 0 Å². The van der Waals surface area contributed by atoms with E-state index >= 15 is 0 Å². The molecule has 0 amide bonds. The molecule has 1 heterocycles. The quantitative estimate of drug-likeness (QED) is 0.515.